The van der Waals surface area contributed by atoms with Crippen molar-refractivity contribution < 1.29 is 4.79 Å². The van der Waals surface area contributed by atoms with Crippen LogP contribution in [0.2, 0.25) is 0 Å². The van der Waals surface area contributed by atoms with Crippen LogP contribution in [0.1, 0.15) is 48.4 Å². The molecule has 1 amide bonds. The molecule has 124 valence electrons. The molecule has 0 aliphatic rings. The molecule has 0 saturated carbocycles. The highest BCUT2D eigenvalue weighted by Crippen LogP contribution is 2.14. The van der Waals surface area contributed by atoms with Crippen molar-refractivity contribution in [1.82, 2.24) is 24.6 Å². The zero-order valence-corrected chi connectivity index (χ0v) is 14.1. The van der Waals surface area contributed by atoms with Gasteiger partial charge in [0.1, 0.15) is 0 Å². The van der Waals surface area contributed by atoms with E-state index < -0.39 is 0 Å². The zero-order valence-electron chi connectivity index (χ0n) is 14.1. The number of rotatable bonds is 6. The maximum Gasteiger partial charge on any atom is 0.257 e. The second-order valence-electron chi connectivity index (χ2n) is 5.56. The molecule has 0 aliphatic carbocycles. The molecule has 2 aromatic rings. The first kappa shape index (κ1) is 16.9. The second kappa shape index (κ2) is 7.21. The van der Waals surface area contributed by atoms with E-state index in [0.717, 1.165) is 25.9 Å². The Hall–Kier alpha value is -2.44. The Morgan fingerprint density at radius 3 is 2.48 bits per heavy atom. The summed E-state index contributed by atoms with van der Waals surface area (Å²) in [5, 5.41) is 4.23. The van der Waals surface area contributed by atoms with Gasteiger partial charge in [0.25, 0.3) is 11.5 Å². The van der Waals surface area contributed by atoms with Crippen molar-refractivity contribution in [1.29, 1.82) is 0 Å². The van der Waals surface area contributed by atoms with E-state index in [1.54, 1.807) is 13.8 Å². The van der Waals surface area contributed by atoms with Crippen molar-refractivity contribution in [2.45, 2.75) is 40.5 Å². The second-order valence-corrected chi connectivity index (χ2v) is 5.56. The summed E-state index contributed by atoms with van der Waals surface area (Å²) in [5.74, 6) is 0.288. The summed E-state index contributed by atoms with van der Waals surface area (Å²) in [5.41, 5.74) is 1.57. The molecule has 7 nitrogen and oxygen atoms in total. The highest BCUT2D eigenvalue weighted by atomic mass is 16.2. The SMILES string of the molecule is CCCN(CCC)C(=O)c1cnn(-c2nc(C)cc(=O)[nH]2)c1C. The van der Waals surface area contributed by atoms with Gasteiger partial charge < -0.3 is 4.90 Å². The number of aromatic amines is 1. The summed E-state index contributed by atoms with van der Waals surface area (Å²) in [6, 6.07) is 1.42. The van der Waals surface area contributed by atoms with Gasteiger partial charge in [-0.3, -0.25) is 14.6 Å². The lowest BCUT2D eigenvalue weighted by molar-refractivity contribution is 0.0755. The molecule has 23 heavy (non-hydrogen) atoms. The van der Waals surface area contributed by atoms with Gasteiger partial charge in [-0.2, -0.15) is 5.10 Å². The number of hydrogen-bond acceptors (Lipinski definition) is 4. The molecule has 0 saturated heterocycles. The van der Waals surface area contributed by atoms with Crippen LogP contribution in [0.25, 0.3) is 5.95 Å². The maximum absolute atomic E-state index is 12.7. The maximum atomic E-state index is 12.7. The van der Waals surface area contributed by atoms with Crippen molar-refractivity contribution in [3.8, 4) is 5.95 Å². The van der Waals surface area contributed by atoms with Gasteiger partial charge in [-0.05, 0) is 26.7 Å². The van der Waals surface area contributed by atoms with Crippen LogP contribution < -0.4 is 5.56 Å². The smallest absolute Gasteiger partial charge is 0.257 e. The molecule has 2 rings (SSSR count). The standard InChI is InChI=1S/C16H23N5O2/c1-5-7-20(8-6-2)15(23)13-10-17-21(12(13)4)16-18-11(3)9-14(22)19-16/h9-10H,5-8H2,1-4H3,(H,18,19,22). The molecule has 0 aliphatic heterocycles. The Labute approximate surface area is 135 Å². The Morgan fingerprint density at radius 2 is 1.91 bits per heavy atom. The Bertz CT molecular complexity index is 741. The van der Waals surface area contributed by atoms with Crippen LogP contribution in [0.3, 0.4) is 0 Å². The average molecular weight is 317 g/mol. The first-order chi connectivity index (χ1) is 11.0. The lowest BCUT2D eigenvalue weighted by atomic mass is 10.2. The van der Waals surface area contributed by atoms with Gasteiger partial charge in [-0.15, -0.1) is 0 Å². The highest BCUT2D eigenvalue weighted by Gasteiger charge is 2.20. The molecule has 0 atom stereocenters. The van der Waals surface area contributed by atoms with E-state index >= 15 is 0 Å². The molecule has 0 spiro atoms. The normalized spacial score (nSPS) is 10.8. The minimum Gasteiger partial charge on any atom is -0.339 e. The van der Waals surface area contributed by atoms with Gasteiger partial charge in [-0.1, -0.05) is 13.8 Å². The minimum absolute atomic E-state index is 0.0348. The molecule has 7 heteroatoms. The fourth-order valence-corrected chi connectivity index (χ4v) is 2.52. The monoisotopic (exact) mass is 317 g/mol. The van der Waals surface area contributed by atoms with Gasteiger partial charge in [-0.25, -0.2) is 9.67 Å². The first-order valence-electron chi connectivity index (χ1n) is 7.90. The van der Waals surface area contributed by atoms with Crippen LogP contribution in [0.15, 0.2) is 17.1 Å². The fraction of sp³-hybridized carbons (Fsp3) is 0.500. The van der Waals surface area contributed by atoms with Gasteiger partial charge >= 0.3 is 0 Å². The van der Waals surface area contributed by atoms with Crippen LogP contribution in [0.4, 0.5) is 0 Å². The van der Waals surface area contributed by atoms with Crippen LogP contribution >= 0.6 is 0 Å². The van der Waals surface area contributed by atoms with Crippen LogP contribution in [-0.2, 0) is 0 Å². The molecule has 0 fully saturated rings. The molecule has 0 unspecified atom stereocenters. The first-order valence-corrected chi connectivity index (χ1v) is 7.90. The van der Waals surface area contributed by atoms with Gasteiger partial charge in [0.05, 0.1) is 17.5 Å². The quantitative estimate of drug-likeness (QED) is 0.881. The van der Waals surface area contributed by atoms with Crippen LogP contribution in [-0.4, -0.2) is 43.6 Å². The lowest BCUT2D eigenvalue weighted by Crippen LogP contribution is -2.32. The number of amides is 1. The van der Waals surface area contributed by atoms with Gasteiger partial charge in [0, 0.05) is 24.8 Å². The number of H-pyrrole nitrogens is 1. The predicted octanol–water partition coefficient (Wildman–Crippen LogP) is 1.83. The van der Waals surface area contributed by atoms with E-state index in [-0.39, 0.29) is 11.5 Å². The van der Waals surface area contributed by atoms with E-state index in [4.69, 9.17) is 0 Å². The number of nitrogens with zero attached hydrogens (tertiary/aromatic N) is 4. The average Bonchev–Trinajstić information content (AvgIpc) is 2.87. The molecular weight excluding hydrogens is 294 g/mol. The fourth-order valence-electron chi connectivity index (χ4n) is 2.52. The summed E-state index contributed by atoms with van der Waals surface area (Å²) < 4.78 is 1.50. The van der Waals surface area contributed by atoms with Crippen molar-refractivity contribution in [3.05, 3.63) is 39.6 Å². The molecule has 0 radical (unpaired) electrons. The van der Waals surface area contributed by atoms with E-state index in [1.807, 2.05) is 18.7 Å². The highest BCUT2D eigenvalue weighted by molar-refractivity contribution is 5.95. The molecule has 0 bridgehead atoms. The summed E-state index contributed by atoms with van der Waals surface area (Å²) in [7, 11) is 0. The molecule has 2 heterocycles. The third kappa shape index (κ3) is 3.67. The van der Waals surface area contributed by atoms with Crippen molar-refractivity contribution >= 4 is 5.91 Å². The topological polar surface area (TPSA) is 83.9 Å². The van der Waals surface area contributed by atoms with Crippen molar-refractivity contribution in [3.63, 3.8) is 0 Å². The molecule has 2 aromatic heterocycles. The zero-order chi connectivity index (χ0) is 17.0. The summed E-state index contributed by atoms with van der Waals surface area (Å²) in [4.78, 5) is 33.1. The van der Waals surface area contributed by atoms with E-state index in [9.17, 15) is 9.59 Å². The van der Waals surface area contributed by atoms with E-state index in [0.29, 0.717) is 22.9 Å². The molecule has 1 N–H and O–H groups in total. The van der Waals surface area contributed by atoms with E-state index in [2.05, 4.69) is 15.1 Å². The number of nitrogens with one attached hydrogen (secondary N) is 1. The third-order valence-electron chi connectivity index (χ3n) is 3.57. The van der Waals surface area contributed by atoms with Gasteiger partial charge in [0.2, 0.25) is 5.95 Å². The van der Waals surface area contributed by atoms with Gasteiger partial charge in [0.15, 0.2) is 0 Å². The van der Waals surface area contributed by atoms with Crippen LogP contribution in [0, 0.1) is 13.8 Å². The summed E-state index contributed by atoms with van der Waals surface area (Å²) in [6.45, 7) is 9.08. The Morgan fingerprint density at radius 1 is 1.26 bits per heavy atom. The number of aromatic nitrogens is 4. The van der Waals surface area contributed by atoms with E-state index in [1.165, 1.54) is 16.9 Å². The lowest BCUT2D eigenvalue weighted by Gasteiger charge is -2.21. The Kier molecular flexibility index (Phi) is 5.31. The van der Waals surface area contributed by atoms with Crippen LogP contribution in [0.5, 0.6) is 0 Å². The third-order valence-corrected chi connectivity index (χ3v) is 3.57. The van der Waals surface area contributed by atoms with Crippen molar-refractivity contribution in [2.24, 2.45) is 0 Å². The number of hydrogen-bond donors (Lipinski definition) is 1. The largest absolute Gasteiger partial charge is 0.339 e. The molecular formula is C16H23N5O2. The summed E-state index contributed by atoms with van der Waals surface area (Å²) in [6.07, 6.45) is 3.36. The summed E-state index contributed by atoms with van der Waals surface area (Å²) >= 11 is 0. The predicted molar refractivity (Wildman–Crippen MR) is 87.9 cm³/mol. The van der Waals surface area contributed by atoms with Crippen molar-refractivity contribution in [2.75, 3.05) is 13.1 Å². The Balaban J connectivity index is 2.38. The minimum atomic E-state index is -0.242. The number of carbonyl (C=O) groups excluding carboxylic acids is 1. The molecule has 0 aromatic carbocycles. The number of aryl methyl sites for hydroxylation is 1. The number of carbonyl (C=O) groups is 1.